The molecule has 5 rings (SSSR count). The van der Waals surface area contributed by atoms with Crippen LogP contribution in [0.3, 0.4) is 0 Å². The first-order chi connectivity index (χ1) is 17.4. The molecular weight excluding hydrogens is 458 g/mol. The highest BCUT2D eigenvalue weighted by Crippen LogP contribution is 2.43. The van der Waals surface area contributed by atoms with E-state index in [2.05, 4.69) is 0 Å². The van der Waals surface area contributed by atoms with Crippen molar-refractivity contribution in [1.82, 2.24) is 4.90 Å². The van der Waals surface area contributed by atoms with Crippen LogP contribution in [0.4, 0.5) is 0 Å². The van der Waals surface area contributed by atoms with E-state index in [1.54, 1.807) is 24.3 Å². The fourth-order valence-corrected chi connectivity index (χ4v) is 4.98. The van der Waals surface area contributed by atoms with Gasteiger partial charge in [-0.05, 0) is 37.0 Å². The molecule has 0 unspecified atom stereocenters. The Morgan fingerprint density at radius 1 is 0.889 bits per heavy atom. The van der Waals surface area contributed by atoms with Gasteiger partial charge in [-0.25, -0.2) is 0 Å². The van der Waals surface area contributed by atoms with Crippen LogP contribution >= 0.6 is 0 Å². The van der Waals surface area contributed by atoms with E-state index in [0.29, 0.717) is 24.2 Å². The molecule has 0 saturated carbocycles. The van der Waals surface area contributed by atoms with Crippen LogP contribution in [0, 0.1) is 0 Å². The summed E-state index contributed by atoms with van der Waals surface area (Å²) >= 11 is 0. The highest BCUT2D eigenvalue weighted by molar-refractivity contribution is 5.91. The number of piperidine rings is 1. The zero-order chi connectivity index (χ0) is 25.2. The molecule has 1 aliphatic rings. The number of phenols is 3. The number of fused-ring (bicyclic) bond motifs is 1. The fourth-order valence-electron chi connectivity index (χ4n) is 4.98. The summed E-state index contributed by atoms with van der Waals surface area (Å²) in [6, 6.07) is 17.9. The number of hydrogen-bond donors (Lipinski definition) is 3. The SMILES string of the molecule is O=C(C[C@@H](c1cccc(O)c1)c1c(O)cc(O)c2c(=O)cc(-c3ccccc3)oc12)N1CCCCC1. The molecule has 1 aliphatic heterocycles. The van der Waals surface area contributed by atoms with Gasteiger partial charge in [-0.15, -0.1) is 0 Å². The maximum Gasteiger partial charge on any atom is 0.223 e. The Morgan fingerprint density at radius 2 is 1.64 bits per heavy atom. The minimum atomic E-state index is -0.733. The predicted molar refractivity (Wildman–Crippen MR) is 136 cm³/mol. The van der Waals surface area contributed by atoms with Crippen LogP contribution in [0.2, 0.25) is 0 Å². The summed E-state index contributed by atoms with van der Waals surface area (Å²) in [6.45, 7) is 1.34. The lowest BCUT2D eigenvalue weighted by Gasteiger charge is -2.29. The van der Waals surface area contributed by atoms with E-state index in [-0.39, 0.29) is 46.1 Å². The van der Waals surface area contributed by atoms with Crippen molar-refractivity contribution in [3.63, 3.8) is 0 Å². The maximum absolute atomic E-state index is 13.3. The Balaban J connectivity index is 1.72. The first-order valence-corrected chi connectivity index (χ1v) is 12.1. The van der Waals surface area contributed by atoms with E-state index in [1.807, 2.05) is 23.1 Å². The van der Waals surface area contributed by atoms with Crippen molar-refractivity contribution < 1.29 is 24.5 Å². The molecule has 7 heteroatoms. The number of likely N-dealkylation sites (tertiary alicyclic amines) is 1. The van der Waals surface area contributed by atoms with E-state index >= 15 is 0 Å². The van der Waals surface area contributed by atoms with Crippen molar-refractivity contribution in [3.05, 3.63) is 88.1 Å². The van der Waals surface area contributed by atoms with Crippen molar-refractivity contribution in [1.29, 1.82) is 0 Å². The number of benzene rings is 3. The van der Waals surface area contributed by atoms with Gasteiger partial charge in [0.2, 0.25) is 5.91 Å². The van der Waals surface area contributed by atoms with Crippen LogP contribution in [0.5, 0.6) is 17.2 Å². The van der Waals surface area contributed by atoms with Gasteiger partial charge in [0.05, 0.1) is 0 Å². The summed E-state index contributed by atoms with van der Waals surface area (Å²) in [5, 5.41) is 31.7. The maximum atomic E-state index is 13.3. The average Bonchev–Trinajstić information content (AvgIpc) is 2.88. The minimum Gasteiger partial charge on any atom is -0.508 e. The van der Waals surface area contributed by atoms with Gasteiger partial charge in [-0.2, -0.15) is 0 Å². The topological polar surface area (TPSA) is 111 Å². The fraction of sp³-hybridized carbons (Fsp3) is 0.241. The predicted octanol–water partition coefficient (Wildman–Crippen LogP) is 5.11. The molecule has 0 aliphatic carbocycles. The third kappa shape index (κ3) is 4.52. The lowest BCUT2D eigenvalue weighted by molar-refractivity contribution is -0.132. The highest BCUT2D eigenvalue weighted by Gasteiger charge is 2.30. The Bertz CT molecular complexity index is 1470. The van der Waals surface area contributed by atoms with Crippen LogP contribution < -0.4 is 5.43 Å². The highest BCUT2D eigenvalue weighted by atomic mass is 16.3. The number of carbonyl (C=O) groups is 1. The van der Waals surface area contributed by atoms with Crippen molar-refractivity contribution in [2.75, 3.05) is 13.1 Å². The van der Waals surface area contributed by atoms with Gasteiger partial charge in [0.25, 0.3) is 0 Å². The molecule has 1 saturated heterocycles. The Kier molecular flexibility index (Phi) is 6.38. The number of rotatable bonds is 5. The Morgan fingerprint density at radius 3 is 2.36 bits per heavy atom. The van der Waals surface area contributed by atoms with Gasteiger partial charge in [-0.1, -0.05) is 42.5 Å². The van der Waals surface area contributed by atoms with Crippen LogP contribution in [0.15, 0.2) is 75.9 Å². The molecule has 1 amide bonds. The Labute approximate surface area is 207 Å². The summed E-state index contributed by atoms with van der Waals surface area (Å²) in [7, 11) is 0. The molecule has 4 aromatic rings. The molecule has 3 aromatic carbocycles. The van der Waals surface area contributed by atoms with Gasteiger partial charge in [0.1, 0.15) is 34.0 Å². The zero-order valence-corrected chi connectivity index (χ0v) is 19.7. The number of aromatic hydroxyl groups is 3. The molecule has 3 N–H and O–H groups in total. The summed E-state index contributed by atoms with van der Waals surface area (Å²) in [4.78, 5) is 28.3. The number of nitrogens with zero attached hydrogens (tertiary/aromatic N) is 1. The molecule has 0 spiro atoms. The summed E-state index contributed by atoms with van der Waals surface area (Å²) < 4.78 is 6.17. The monoisotopic (exact) mass is 485 g/mol. The number of amides is 1. The van der Waals surface area contributed by atoms with Crippen molar-refractivity contribution in [2.24, 2.45) is 0 Å². The molecule has 1 atom stereocenters. The quantitative estimate of drug-likeness (QED) is 0.362. The zero-order valence-electron chi connectivity index (χ0n) is 19.7. The molecule has 0 bridgehead atoms. The first-order valence-electron chi connectivity index (χ1n) is 12.1. The lowest BCUT2D eigenvalue weighted by atomic mass is 9.85. The first kappa shape index (κ1) is 23.5. The van der Waals surface area contributed by atoms with Crippen LogP contribution in [-0.2, 0) is 4.79 Å². The molecule has 1 fully saturated rings. The summed E-state index contributed by atoms with van der Waals surface area (Å²) in [5.41, 5.74) is 0.997. The molecule has 2 heterocycles. The summed E-state index contributed by atoms with van der Waals surface area (Å²) in [5.74, 6) is -1.24. The minimum absolute atomic E-state index is 0.00381. The number of carbonyl (C=O) groups excluding carboxylic acids is 1. The normalized spacial score (nSPS) is 14.6. The van der Waals surface area contributed by atoms with Crippen LogP contribution in [0.1, 0.15) is 42.7 Å². The smallest absolute Gasteiger partial charge is 0.223 e. The third-order valence-electron chi connectivity index (χ3n) is 6.76. The standard InChI is InChI=1S/C29H27NO6/c31-20-11-7-10-19(14-20)21(15-26(35)30-12-5-2-6-13-30)27-22(32)16-23(33)28-24(34)17-25(36-29(27)28)18-8-3-1-4-9-18/h1,3-4,7-11,14,16-17,21,31-33H,2,5-6,12-13,15H2/t21-/m0/s1. The lowest BCUT2D eigenvalue weighted by Crippen LogP contribution is -2.36. The molecule has 0 radical (unpaired) electrons. The number of hydrogen-bond acceptors (Lipinski definition) is 6. The average molecular weight is 486 g/mol. The van der Waals surface area contributed by atoms with Gasteiger partial charge in [-0.3, -0.25) is 9.59 Å². The van der Waals surface area contributed by atoms with Crippen molar-refractivity contribution in [2.45, 2.75) is 31.6 Å². The van der Waals surface area contributed by atoms with Crippen molar-refractivity contribution >= 4 is 16.9 Å². The van der Waals surface area contributed by atoms with Gasteiger partial charge in [0.15, 0.2) is 5.43 Å². The van der Waals surface area contributed by atoms with E-state index in [9.17, 15) is 24.9 Å². The van der Waals surface area contributed by atoms with E-state index in [4.69, 9.17) is 4.42 Å². The van der Waals surface area contributed by atoms with E-state index in [0.717, 1.165) is 25.3 Å². The Hall–Kier alpha value is -4.26. The van der Waals surface area contributed by atoms with E-state index < -0.39 is 17.1 Å². The second-order valence-electron chi connectivity index (χ2n) is 9.17. The number of phenolic OH excluding ortho intramolecular Hbond substituents is 3. The molecule has 7 nitrogen and oxygen atoms in total. The second kappa shape index (κ2) is 9.77. The second-order valence-corrected chi connectivity index (χ2v) is 9.17. The van der Waals surface area contributed by atoms with Gasteiger partial charge >= 0.3 is 0 Å². The summed E-state index contributed by atoms with van der Waals surface area (Å²) in [6.07, 6.45) is 2.95. The van der Waals surface area contributed by atoms with Crippen LogP contribution in [-0.4, -0.2) is 39.2 Å². The molecule has 1 aromatic heterocycles. The largest absolute Gasteiger partial charge is 0.508 e. The molecule has 36 heavy (non-hydrogen) atoms. The van der Waals surface area contributed by atoms with E-state index in [1.165, 1.54) is 18.2 Å². The molecular formula is C29H27NO6. The van der Waals surface area contributed by atoms with Gasteiger partial charge < -0.3 is 24.6 Å². The third-order valence-corrected chi connectivity index (χ3v) is 6.76. The van der Waals surface area contributed by atoms with Crippen LogP contribution in [0.25, 0.3) is 22.3 Å². The van der Waals surface area contributed by atoms with Gasteiger partial charge in [0, 0.05) is 48.7 Å². The molecule has 184 valence electrons. The van der Waals surface area contributed by atoms with Crippen molar-refractivity contribution in [3.8, 4) is 28.6 Å².